The Kier molecular flexibility index (Phi) is 5.81. The fourth-order valence-corrected chi connectivity index (χ4v) is 3.12. The summed E-state index contributed by atoms with van der Waals surface area (Å²) in [5, 5.41) is 4.39. The maximum atomic E-state index is 12.2. The number of hydrogen-bond acceptors (Lipinski definition) is 3. The van der Waals surface area contributed by atoms with Gasteiger partial charge in [-0.15, -0.1) is 0 Å². The van der Waals surface area contributed by atoms with Gasteiger partial charge in [-0.2, -0.15) is 0 Å². The van der Waals surface area contributed by atoms with Gasteiger partial charge < -0.3 is 10.1 Å². The van der Waals surface area contributed by atoms with Crippen LogP contribution in [0.5, 0.6) is 5.75 Å². The summed E-state index contributed by atoms with van der Waals surface area (Å²) < 4.78 is 5.75. The summed E-state index contributed by atoms with van der Waals surface area (Å²) in [6.07, 6.45) is 1.77. The summed E-state index contributed by atoms with van der Waals surface area (Å²) in [6, 6.07) is 12.8. The molecule has 1 saturated heterocycles. The summed E-state index contributed by atoms with van der Waals surface area (Å²) in [7, 11) is 0. The van der Waals surface area contributed by atoms with Crippen LogP contribution >= 0.6 is 35.4 Å². The first-order valence-corrected chi connectivity index (χ1v) is 9.15. The minimum Gasteiger partial charge on any atom is -0.489 e. The molecule has 4 nitrogen and oxygen atoms in total. The number of carbonyl (C=O) groups excluding carboxylic acids is 1. The normalized spacial score (nSPS) is 15.5. The molecule has 0 radical (unpaired) electrons. The molecule has 3 rings (SSSR count). The standard InChI is InChI=1S/C19H16Cl2N2O2S/c1-2-23-18(24)17(22-19(23)26)10-12-3-6-14(7-4-12)25-11-13-5-8-15(20)16(21)9-13/h3-10H,2,11H2,1H3,(H,22,26). The Labute approximate surface area is 167 Å². The van der Waals surface area contributed by atoms with Crippen molar-refractivity contribution in [3.8, 4) is 5.75 Å². The van der Waals surface area contributed by atoms with Crippen molar-refractivity contribution in [3.63, 3.8) is 0 Å². The van der Waals surface area contributed by atoms with Gasteiger partial charge in [-0.1, -0.05) is 41.4 Å². The third-order valence-corrected chi connectivity index (χ3v) is 4.92. The molecule has 0 saturated carbocycles. The Hall–Kier alpha value is -2.08. The van der Waals surface area contributed by atoms with Crippen molar-refractivity contribution in [2.45, 2.75) is 13.5 Å². The molecule has 26 heavy (non-hydrogen) atoms. The van der Waals surface area contributed by atoms with E-state index in [1.54, 1.807) is 18.2 Å². The fourth-order valence-electron chi connectivity index (χ4n) is 2.48. The predicted octanol–water partition coefficient (Wildman–Crippen LogP) is 4.65. The number of benzene rings is 2. The first-order chi connectivity index (χ1) is 12.5. The Balaban J connectivity index is 1.65. The molecule has 0 aliphatic carbocycles. The van der Waals surface area contributed by atoms with Crippen molar-refractivity contribution >= 4 is 52.5 Å². The predicted molar refractivity (Wildman–Crippen MR) is 108 cm³/mol. The van der Waals surface area contributed by atoms with E-state index in [2.05, 4.69) is 5.32 Å². The molecule has 7 heteroatoms. The number of halogens is 2. The molecular weight excluding hydrogens is 391 g/mol. The van der Waals surface area contributed by atoms with Crippen molar-refractivity contribution in [1.29, 1.82) is 0 Å². The number of nitrogens with one attached hydrogen (secondary N) is 1. The van der Waals surface area contributed by atoms with Crippen molar-refractivity contribution < 1.29 is 9.53 Å². The van der Waals surface area contributed by atoms with Crippen LogP contribution in [0, 0.1) is 0 Å². The van der Waals surface area contributed by atoms with Crippen LogP contribution in [0.3, 0.4) is 0 Å². The monoisotopic (exact) mass is 406 g/mol. The Morgan fingerprint density at radius 1 is 1.15 bits per heavy atom. The van der Waals surface area contributed by atoms with Crippen LogP contribution in [-0.4, -0.2) is 22.5 Å². The van der Waals surface area contributed by atoms with Crippen LogP contribution in [0.4, 0.5) is 0 Å². The molecule has 0 atom stereocenters. The third-order valence-electron chi connectivity index (χ3n) is 3.86. The molecule has 0 spiro atoms. The molecular formula is C19H16Cl2N2O2S. The van der Waals surface area contributed by atoms with Crippen molar-refractivity contribution in [2.24, 2.45) is 0 Å². The smallest absolute Gasteiger partial charge is 0.276 e. The van der Waals surface area contributed by atoms with Gasteiger partial charge >= 0.3 is 0 Å². The molecule has 1 N–H and O–H groups in total. The van der Waals surface area contributed by atoms with Crippen LogP contribution in [0.1, 0.15) is 18.1 Å². The number of amides is 1. The van der Waals surface area contributed by atoms with E-state index in [4.69, 9.17) is 40.2 Å². The zero-order valence-electron chi connectivity index (χ0n) is 14.0. The molecule has 134 valence electrons. The molecule has 0 unspecified atom stereocenters. The largest absolute Gasteiger partial charge is 0.489 e. The average molecular weight is 407 g/mol. The lowest BCUT2D eigenvalue weighted by Crippen LogP contribution is -2.30. The second kappa shape index (κ2) is 8.08. The minimum atomic E-state index is -0.113. The van der Waals surface area contributed by atoms with Gasteiger partial charge in [-0.3, -0.25) is 9.69 Å². The van der Waals surface area contributed by atoms with Crippen LogP contribution < -0.4 is 10.1 Å². The second-order valence-corrected chi connectivity index (χ2v) is 6.84. The van der Waals surface area contributed by atoms with Crippen LogP contribution in [0.15, 0.2) is 48.2 Å². The van der Waals surface area contributed by atoms with E-state index in [0.29, 0.717) is 34.0 Å². The van der Waals surface area contributed by atoms with E-state index >= 15 is 0 Å². The number of nitrogens with zero attached hydrogens (tertiary/aromatic N) is 1. The molecule has 2 aromatic carbocycles. The number of likely N-dealkylation sites (N-methyl/N-ethyl adjacent to an activating group) is 1. The number of hydrogen-bond donors (Lipinski definition) is 1. The summed E-state index contributed by atoms with van der Waals surface area (Å²) in [4.78, 5) is 13.7. The van der Waals surface area contributed by atoms with E-state index in [0.717, 1.165) is 16.9 Å². The number of rotatable bonds is 5. The van der Waals surface area contributed by atoms with Gasteiger partial charge in [0.15, 0.2) is 5.11 Å². The molecule has 1 heterocycles. The zero-order valence-corrected chi connectivity index (χ0v) is 16.3. The van der Waals surface area contributed by atoms with Gasteiger partial charge in [0.1, 0.15) is 18.1 Å². The van der Waals surface area contributed by atoms with Gasteiger partial charge in [0.2, 0.25) is 0 Å². The van der Waals surface area contributed by atoms with E-state index in [1.165, 1.54) is 4.90 Å². The first kappa shape index (κ1) is 18.7. The van der Waals surface area contributed by atoms with Gasteiger partial charge in [0, 0.05) is 6.54 Å². The highest BCUT2D eigenvalue weighted by molar-refractivity contribution is 7.80. The lowest BCUT2D eigenvalue weighted by atomic mass is 10.2. The fraction of sp³-hybridized carbons (Fsp3) is 0.158. The zero-order chi connectivity index (χ0) is 18.7. The lowest BCUT2D eigenvalue weighted by Gasteiger charge is -2.09. The van der Waals surface area contributed by atoms with E-state index in [-0.39, 0.29) is 5.91 Å². The summed E-state index contributed by atoms with van der Waals surface area (Å²) in [5.41, 5.74) is 2.28. The molecule has 0 aromatic heterocycles. The Morgan fingerprint density at radius 3 is 2.50 bits per heavy atom. The van der Waals surface area contributed by atoms with Crippen LogP contribution in [0.2, 0.25) is 10.0 Å². The van der Waals surface area contributed by atoms with Crippen molar-refractivity contribution in [2.75, 3.05) is 6.54 Å². The van der Waals surface area contributed by atoms with Crippen LogP contribution in [0.25, 0.3) is 6.08 Å². The van der Waals surface area contributed by atoms with E-state index in [1.807, 2.05) is 37.3 Å². The highest BCUT2D eigenvalue weighted by atomic mass is 35.5. The Bertz CT molecular complexity index is 882. The van der Waals surface area contributed by atoms with Gasteiger partial charge in [-0.25, -0.2) is 0 Å². The molecule has 0 bridgehead atoms. The third kappa shape index (κ3) is 4.18. The lowest BCUT2D eigenvalue weighted by molar-refractivity contribution is -0.122. The molecule has 1 aliphatic heterocycles. The van der Waals surface area contributed by atoms with Crippen LogP contribution in [-0.2, 0) is 11.4 Å². The summed E-state index contributed by atoms with van der Waals surface area (Å²) >= 11 is 17.0. The molecule has 2 aromatic rings. The molecule has 1 aliphatic rings. The first-order valence-electron chi connectivity index (χ1n) is 7.99. The van der Waals surface area contributed by atoms with Gasteiger partial charge in [0.05, 0.1) is 10.0 Å². The number of ether oxygens (including phenoxy) is 1. The topological polar surface area (TPSA) is 41.6 Å². The molecule has 1 fully saturated rings. The van der Waals surface area contributed by atoms with Gasteiger partial charge in [0.25, 0.3) is 5.91 Å². The van der Waals surface area contributed by atoms with Crippen molar-refractivity contribution in [1.82, 2.24) is 10.2 Å². The minimum absolute atomic E-state index is 0.113. The van der Waals surface area contributed by atoms with Gasteiger partial charge in [-0.05, 0) is 60.6 Å². The Morgan fingerprint density at radius 2 is 1.88 bits per heavy atom. The van der Waals surface area contributed by atoms with E-state index in [9.17, 15) is 4.79 Å². The second-order valence-electron chi connectivity index (χ2n) is 5.64. The highest BCUT2D eigenvalue weighted by Gasteiger charge is 2.28. The number of carbonyl (C=O) groups is 1. The number of thiocarbonyl (C=S) groups is 1. The maximum Gasteiger partial charge on any atom is 0.276 e. The highest BCUT2D eigenvalue weighted by Crippen LogP contribution is 2.24. The molecule has 1 amide bonds. The summed E-state index contributed by atoms with van der Waals surface area (Å²) in [6.45, 7) is 2.81. The quantitative estimate of drug-likeness (QED) is 0.579. The summed E-state index contributed by atoms with van der Waals surface area (Å²) in [5.74, 6) is 0.604. The SMILES string of the molecule is CCN1C(=O)C(=Cc2ccc(OCc3ccc(Cl)c(Cl)c3)cc2)NC1=S. The average Bonchev–Trinajstić information content (AvgIpc) is 2.90. The van der Waals surface area contributed by atoms with E-state index < -0.39 is 0 Å². The maximum absolute atomic E-state index is 12.2. The van der Waals surface area contributed by atoms with Crippen molar-refractivity contribution in [3.05, 3.63) is 69.3 Å².